The summed E-state index contributed by atoms with van der Waals surface area (Å²) in [6, 6.07) is 1.38. The Bertz CT molecular complexity index is 560. The first-order valence-corrected chi connectivity index (χ1v) is 10.4. The van der Waals surface area contributed by atoms with Gasteiger partial charge in [0.15, 0.2) is 5.96 Å². The average molecular weight is 489 g/mol. The quantitative estimate of drug-likeness (QED) is 0.365. The first kappa shape index (κ1) is 22.4. The van der Waals surface area contributed by atoms with Gasteiger partial charge in [-0.05, 0) is 25.7 Å². The predicted octanol–water partition coefficient (Wildman–Crippen LogP) is 2.42. The molecule has 1 aromatic rings. The van der Waals surface area contributed by atoms with E-state index in [1.165, 1.54) is 58.0 Å². The summed E-state index contributed by atoms with van der Waals surface area (Å²) in [5, 5.41) is 15.2. The largest absolute Gasteiger partial charge is 0.355 e. The molecule has 0 aromatic carbocycles. The van der Waals surface area contributed by atoms with Gasteiger partial charge in [-0.2, -0.15) is 0 Å². The molecule has 0 amide bonds. The van der Waals surface area contributed by atoms with Gasteiger partial charge in [-0.25, -0.2) is 0 Å². The molecule has 8 heteroatoms. The number of aliphatic imine (C=N–C) groups is 1. The van der Waals surface area contributed by atoms with E-state index >= 15 is 0 Å². The van der Waals surface area contributed by atoms with Gasteiger partial charge in [0, 0.05) is 51.7 Å². The van der Waals surface area contributed by atoms with Crippen molar-refractivity contribution in [2.75, 3.05) is 26.7 Å². The Hall–Kier alpha value is -0.900. The van der Waals surface area contributed by atoms with Crippen LogP contribution in [0.15, 0.2) is 11.3 Å². The molecule has 0 atom stereocenters. The maximum absolute atomic E-state index is 4.39. The van der Waals surface area contributed by atoms with E-state index in [9.17, 15) is 0 Å². The molecule has 1 saturated heterocycles. The first-order valence-electron chi connectivity index (χ1n) is 10.4. The number of guanidine groups is 1. The second-order valence-corrected chi connectivity index (χ2v) is 7.54. The summed E-state index contributed by atoms with van der Waals surface area (Å²) in [6.45, 7) is 6.23. The number of nitrogens with one attached hydrogen (secondary N) is 2. The van der Waals surface area contributed by atoms with Crippen molar-refractivity contribution >= 4 is 29.9 Å². The Morgan fingerprint density at radius 1 is 1.19 bits per heavy atom. The van der Waals surface area contributed by atoms with Gasteiger partial charge in [-0.15, -0.1) is 34.2 Å². The summed E-state index contributed by atoms with van der Waals surface area (Å²) in [5.41, 5.74) is 0. The summed E-state index contributed by atoms with van der Waals surface area (Å²) in [6.07, 6.45) is 12.2. The summed E-state index contributed by atoms with van der Waals surface area (Å²) in [7, 11) is 1.85. The number of piperidine rings is 1. The molecule has 1 aliphatic carbocycles. The fraction of sp³-hybridized carbons (Fsp3) is 0.842. The van der Waals surface area contributed by atoms with E-state index in [-0.39, 0.29) is 24.0 Å². The second kappa shape index (κ2) is 11.8. The molecule has 7 nitrogen and oxygen atoms in total. The Kier molecular flexibility index (Phi) is 9.81. The van der Waals surface area contributed by atoms with Crippen LogP contribution in [-0.2, 0) is 13.0 Å². The zero-order valence-electron chi connectivity index (χ0n) is 16.9. The number of hydrogen-bond acceptors (Lipinski definition) is 4. The van der Waals surface area contributed by atoms with Gasteiger partial charge in [-0.1, -0.05) is 26.2 Å². The smallest absolute Gasteiger partial charge is 0.191 e. The Balaban J connectivity index is 0.00000261. The van der Waals surface area contributed by atoms with Gasteiger partial charge in [-0.3, -0.25) is 4.99 Å². The minimum absolute atomic E-state index is 0. The van der Waals surface area contributed by atoms with Gasteiger partial charge in [0.05, 0.1) is 0 Å². The van der Waals surface area contributed by atoms with Crippen molar-refractivity contribution in [3.63, 3.8) is 0 Å². The van der Waals surface area contributed by atoms with Crippen molar-refractivity contribution in [1.29, 1.82) is 0 Å². The predicted molar refractivity (Wildman–Crippen MR) is 121 cm³/mol. The zero-order valence-corrected chi connectivity index (χ0v) is 19.2. The summed E-state index contributed by atoms with van der Waals surface area (Å²) in [4.78, 5) is 7.12. The standard InChI is InChI=1S/C19H35N7.HI/c1-3-18-24-22-15-26(18)14-11-21-19(20-2)23-16-9-12-25(13-10-16)17-7-5-4-6-8-17;/h15-17H,3-14H2,1-2H3,(H2,20,21,23);1H. The molecule has 2 aliphatic rings. The number of hydrogen-bond donors (Lipinski definition) is 2. The van der Waals surface area contributed by atoms with Crippen LogP contribution >= 0.6 is 24.0 Å². The van der Waals surface area contributed by atoms with Crippen molar-refractivity contribution in [1.82, 2.24) is 30.3 Å². The number of rotatable bonds is 6. The van der Waals surface area contributed by atoms with Gasteiger partial charge in [0.25, 0.3) is 0 Å². The monoisotopic (exact) mass is 489 g/mol. The maximum Gasteiger partial charge on any atom is 0.191 e. The molecule has 1 saturated carbocycles. The highest BCUT2D eigenvalue weighted by atomic mass is 127. The van der Waals surface area contributed by atoms with Crippen molar-refractivity contribution in [2.45, 2.75) is 76.9 Å². The average Bonchev–Trinajstić information content (AvgIpc) is 3.16. The summed E-state index contributed by atoms with van der Waals surface area (Å²) in [5.74, 6) is 1.94. The van der Waals surface area contributed by atoms with Gasteiger partial charge >= 0.3 is 0 Å². The lowest BCUT2D eigenvalue weighted by molar-refractivity contribution is 0.119. The number of aryl methyl sites for hydroxylation is 1. The Morgan fingerprint density at radius 2 is 1.93 bits per heavy atom. The molecule has 2 N–H and O–H groups in total. The fourth-order valence-electron chi connectivity index (χ4n) is 4.28. The molecule has 2 fully saturated rings. The van der Waals surface area contributed by atoms with Crippen LogP contribution < -0.4 is 10.6 Å². The third-order valence-electron chi connectivity index (χ3n) is 5.84. The molecular formula is C19H36IN7. The van der Waals surface area contributed by atoms with E-state index in [0.717, 1.165) is 37.3 Å². The third-order valence-corrected chi connectivity index (χ3v) is 5.84. The van der Waals surface area contributed by atoms with E-state index in [0.29, 0.717) is 6.04 Å². The molecule has 0 radical (unpaired) electrons. The molecule has 1 aromatic heterocycles. The van der Waals surface area contributed by atoms with Crippen molar-refractivity contribution < 1.29 is 0 Å². The van der Waals surface area contributed by atoms with E-state index < -0.39 is 0 Å². The molecule has 2 heterocycles. The number of aromatic nitrogens is 3. The van der Waals surface area contributed by atoms with Crippen LogP contribution in [0.3, 0.4) is 0 Å². The molecule has 1 aliphatic heterocycles. The highest BCUT2D eigenvalue weighted by Crippen LogP contribution is 2.25. The Labute approximate surface area is 180 Å². The molecular weight excluding hydrogens is 453 g/mol. The van der Waals surface area contributed by atoms with Crippen LogP contribution in [0.4, 0.5) is 0 Å². The maximum atomic E-state index is 4.39. The number of nitrogens with zero attached hydrogens (tertiary/aromatic N) is 5. The summed E-state index contributed by atoms with van der Waals surface area (Å²) < 4.78 is 2.10. The van der Waals surface area contributed by atoms with E-state index in [2.05, 4.69) is 42.2 Å². The minimum Gasteiger partial charge on any atom is -0.355 e. The van der Waals surface area contributed by atoms with Crippen LogP contribution in [0.1, 0.15) is 57.7 Å². The van der Waals surface area contributed by atoms with Crippen LogP contribution in [0.25, 0.3) is 0 Å². The fourth-order valence-corrected chi connectivity index (χ4v) is 4.28. The minimum atomic E-state index is 0. The van der Waals surface area contributed by atoms with E-state index in [4.69, 9.17) is 0 Å². The normalized spacial score (nSPS) is 20.3. The summed E-state index contributed by atoms with van der Waals surface area (Å²) >= 11 is 0. The van der Waals surface area contributed by atoms with Gasteiger partial charge in [0.1, 0.15) is 12.2 Å². The lowest BCUT2D eigenvalue weighted by Gasteiger charge is -2.39. The molecule has 3 rings (SSSR count). The second-order valence-electron chi connectivity index (χ2n) is 7.54. The van der Waals surface area contributed by atoms with Gasteiger partial charge < -0.3 is 20.1 Å². The van der Waals surface area contributed by atoms with Crippen LogP contribution in [0.5, 0.6) is 0 Å². The highest BCUT2D eigenvalue weighted by molar-refractivity contribution is 14.0. The Morgan fingerprint density at radius 3 is 2.59 bits per heavy atom. The number of likely N-dealkylation sites (tertiary alicyclic amines) is 1. The zero-order chi connectivity index (χ0) is 18.2. The van der Waals surface area contributed by atoms with Crippen molar-refractivity contribution in [3.05, 3.63) is 12.2 Å². The molecule has 27 heavy (non-hydrogen) atoms. The van der Waals surface area contributed by atoms with Gasteiger partial charge in [0.2, 0.25) is 0 Å². The van der Waals surface area contributed by atoms with Crippen LogP contribution in [0.2, 0.25) is 0 Å². The molecule has 0 bridgehead atoms. The molecule has 154 valence electrons. The van der Waals surface area contributed by atoms with Crippen LogP contribution in [-0.4, -0.2) is 64.4 Å². The molecule has 0 unspecified atom stereocenters. The lowest BCUT2D eigenvalue weighted by atomic mass is 9.92. The third kappa shape index (κ3) is 6.58. The number of halogens is 1. The van der Waals surface area contributed by atoms with Crippen molar-refractivity contribution in [3.8, 4) is 0 Å². The van der Waals surface area contributed by atoms with E-state index in [1.807, 2.05) is 7.05 Å². The van der Waals surface area contributed by atoms with E-state index in [1.54, 1.807) is 6.33 Å². The topological polar surface area (TPSA) is 70.4 Å². The SMILES string of the molecule is CCc1nncn1CCNC(=NC)NC1CCN(C2CCCCC2)CC1.I. The first-order chi connectivity index (χ1) is 12.8. The molecule has 0 spiro atoms. The lowest BCUT2D eigenvalue weighted by Crippen LogP contribution is -2.51. The highest BCUT2D eigenvalue weighted by Gasteiger charge is 2.26. The van der Waals surface area contributed by atoms with Crippen LogP contribution in [0, 0.1) is 0 Å². The van der Waals surface area contributed by atoms with Crippen molar-refractivity contribution in [2.24, 2.45) is 4.99 Å².